The summed E-state index contributed by atoms with van der Waals surface area (Å²) in [6.45, 7) is 2.53. The van der Waals surface area contributed by atoms with Crippen LogP contribution in [0.4, 0.5) is 0 Å². The minimum absolute atomic E-state index is 0.0247. The van der Waals surface area contributed by atoms with E-state index in [1.807, 2.05) is 18.2 Å². The van der Waals surface area contributed by atoms with Crippen molar-refractivity contribution in [1.82, 2.24) is 15.1 Å². The Balaban J connectivity index is 1.46. The summed E-state index contributed by atoms with van der Waals surface area (Å²) in [6, 6.07) is 5.16. The molecule has 3 aliphatic heterocycles. The Morgan fingerprint density at radius 1 is 1.30 bits per heavy atom. The van der Waals surface area contributed by atoms with Gasteiger partial charge in [-0.25, -0.2) is 0 Å². The van der Waals surface area contributed by atoms with Crippen LogP contribution < -0.4 is 11.1 Å². The molecule has 0 saturated carbocycles. The van der Waals surface area contributed by atoms with Crippen molar-refractivity contribution in [2.45, 2.75) is 43.9 Å². The lowest BCUT2D eigenvalue weighted by atomic mass is 10.0. The summed E-state index contributed by atoms with van der Waals surface area (Å²) in [6.07, 6.45) is 1.38. The number of amides is 3. The molecule has 1 aromatic carbocycles. The first kappa shape index (κ1) is 18.1. The van der Waals surface area contributed by atoms with Crippen molar-refractivity contribution in [3.05, 3.63) is 34.9 Å². The maximum atomic E-state index is 12.7. The van der Waals surface area contributed by atoms with E-state index in [4.69, 9.17) is 5.73 Å². The van der Waals surface area contributed by atoms with Gasteiger partial charge >= 0.3 is 0 Å². The van der Waals surface area contributed by atoms with Crippen LogP contribution in [0, 0.1) is 0 Å². The monoisotopic (exact) mass is 372 g/mol. The molecule has 4 rings (SSSR count). The second-order valence-electron chi connectivity index (χ2n) is 7.87. The van der Waals surface area contributed by atoms with E-state index in [2.05, 4.69) is 10.2 Å². The molecule has 27 heavy (non-hydrogen) atoms. The molecule has 2 fully saturated rings. The molecule has 1 aromatic rings. The molecule has 0 aliphatic carbocycles. The number of carbonyl (C=O) groups is 3. The molecule has 2 unspecified atom stereocenters. The Kier molecular flexibility index (Phi) is 4.49. The minimum Gasteiger partial charge on any atom is -0.394 e. The average molecular weight is 372 g/mol. The van der Waals surface area contributed by atoms with Gasteiger partial charge in [-0.1, -0.05) is 12.1 Å². The number of rotatable bonds is 4. The first-order valence-corrected chi connectivity index (χ1v) is 9.27. The van der Waals surface area contributed by atoms with Gasteiger partial charge in [0.25, 0.3) is 5.91 Å². The van der Waals surface area contributed by atoms with Gasteiger partial charge in [0.05, 0.1) is 12.1 Å². The molecule has 8 heteroatoms. The summed E-state index contributed by atoms with van der Waals surface area (Å²) in [5.74, 6) is -0.839. The van der Waals surface area contributed by atoms with Crippen molar-refractivity contribution in [2.75, 3.05) is 19.7 Å². The van der Waals surface area contributed by atoms with E-state index in [-0.39, 0.29) is 24.8 Å². The maximum absolute atomic E-state index is 12.7. The van der Waals surface area contributed by atoms with Gasteiger partial charge in [0.15, 0.2) is 0 Å². The van der Waals surface area contributed by atoms with Gasteiger partial charge in [-0.15, -0.1) is 0 Å². The van der Waals surface area contributed by atoms with Crippen molar-refractivity contribution < 1.29 is 19.5 Å². The quantitative estimate of drug-likeness (QED) is 0.605. The van der Waals surface area contributed by atoms with Crippen LogP contribution in [0.3, 0.4) is 0 Å². The molecule has 3 heterocycles. The Hall–Kier alpha value is -2.29. The van der Waals surface area contributed by atoms with E-state index in [9.17, 15) is 19.5 Å². The zero-order valence-corrected chi connectivity index (χ0v) is 15.1. The summed E-state index contributed by atoms with van der Waals surface area (Å²) in [5.41, 5.74) is 8.20. The molecule has 2 saturated heterocycles. The van der Waals surface area contributed by atoms with E-state index in [1.54, 1.807) is 4.90 Å². The van der Waals surface area contributed by atoms with Crippen LogP contribution in [0.5, 0.6) is 0 Å². The van der Waals surface area contributed by atoms with Crippen molar-refractivity contribution in [3.63, 3.8) is 0 Å². The highest BCUT2D eigenvalue weighted by Gasteiger charge is 2.39. The van der Waals surface area contributed by atoms with Gasteiger partial charge in [-0.2, -0.15) is 0 Å². The van der Waals surface area contributed by atoms with E-state index in [0.717, 1.165) is 24.1 Å². The van der Waals surface area contributed by atoms with Crippen LogP contribution in [0.25, 0.3) is 0 Å². The number of nitrogens with zero attached hydrogens (tertiary/aromatic N) is 2. The summed E-state index contributed by atoms with van der Waals surface area (Å²) < 4.78 is 0. The zero-order chi connectivity index (χ0) is 19.2. The molecule has 4 N–H and O–H groups in total. The zero-order valence-electron chi connectivity index (χ0n) is 15.1. The SMILES string of the molecule is NC1(CO)CCN(Cc2ccc3c(c2)CN(C2CCC(=O)NC2=O)C3=O)C1. The Morgan fingerprint density at radius 3 is 2.81 bits per heavy atom. The van der Waals surface area contributed by atoms with Gasteiger partial charge < -0.3 is 15.7 Å². The number of aliphatic hydroxyl groups excluding tert-OH is 1. The Labute approximate surface area is 157 Å². The number of benzene rings is 1. The number of hydrogen-bond donors (Lipinski definition) is 3. The Bertz CT molecular complexity index is 811. The topological polar surface area (TPSA) is 116 Å². The van der Waals surface area contributed by atoms with E-state index >= 15 is 0 Å². The molecule has 0 radical (unpaired) electrons. The fourth-order valence-electron chi connectivity index (χ4n) is 4.23. The van der Waals surface area contributed by atoms with Crippen LogP contribution in [-0.2, 0) is 22.7 Å². The number of nitrogens with one attached hydrogen (secondary N) is 1. The van der Waals surface area contributed by atoms with E-state index < -0.39 is 17.5 Å². The number of hydrogen-bond acceptors (Lipinski definition) is 6. The summed E-state index contributed by atoms with van der Waals surface area (Å²) in [4.78, 5) is 39.9. The lowest BCUT2D eigenvalue weighted by Gasteiger charge is -2.29. The van der Waals surface area contributed by atoms with E-state index in [1.165, 1.54) is 0 Å². The van der Waals surface area contributed by atoms with Crippen LogP contribution in [0.1, 0.15) is 40.7 Å². The molecular formula is C19H24N4O4. The number of carbonyl (C=O) groups excluding carboxylic acids is 3. The van der Waals surface area contributed by atoms with Crippen LogP contribution in [-0.4, -0.2) is 63.9 Å². The summed E-state index contributed by atoms with van der Waals surface area (Å²) in [5, 5.41) is 11.7. The van der Waals surface area contributed by atoms with E-state index in [0.29, 0.717) is 31.6 Å². The number of piperidine rings is 1. The third-order valence-electron chi connectivity index (χ3n) is 5.77. The second kappa shape index (κ2) is 6.70. The number of likely N-dealkylation sites (tertiary alicyclic amines) is 1. The third kappa shape index (κ3) is 3.36. The Morgan fingerprint density at radius 2 is 2.11 bits per heavy atom. The highest BCUT2D eigenvalue weighted by molar-refractivity contribution is 6.05. The average Bonchev–Trinajstić information content (AvgIpc) is 3.16. The molecule has 3 aliphatic rings. The molecular weight excluding hydrogens is 348 g/mol. The first-order valence-electron chi connectivity index (χ1n) is 9.27. The number of aliphatic hydroxyl groups is 1. The fourth-order valence-corrected chi connectivity index (χ4v) is 4.23. The first-order chi connectivity index (χ1) is 12.9. The van der Waals surface area contributed by atoms with Crippen LogP contribution in [0.15, 0.2) is 18.2 Å². The molecule has 0 spiro atoms. The minimum atomic E-state index is -0.591. The van der Waals surface area contributed by atoms with Crippen LogP contribution >= 0.6 is 0 Å². The maximum Gasteiger partial charge on any atom is 0.255 e. The highest BCUT2D eigenvalue weighted by Crippen LogP contribution is 2.29. The lowest BCUT2D eigenvalue weighted by molar-refractivity contribution is -0.136. The third-order valence-corrected chi connectivity index (χ3v) is 5.77. The van der Waals surface area contributed by atoms with Gasteiger partial charge in [0, 0.05) is 38.2 Å². The molecule has 3 amide bonds. The largest absolute Gasteiger partial charge is 0.394 e. The molecule has 144 valence electrons. The molecule has 8 nitrogen and oxygen atoms in total. The van der Waals surface area contributed by atoms with Crippen molar-refractivity contribution in [1.29, 1.82) is 0 Å². The smallest absolute Gasteiger partial charge is 0.255 e. The predicted octanol–water partition coefficient (Wildman–Crippen LogP) is -0.657. The normalized spacial score (nSPS) is 28.6. The van der Waals surface area contributed by atoms with Gasteiger partial charge in [-0.05, 0) is 30.0 Å². The van der Waals surface area contributed by atoms with Gasteiger partial charge in [-0.3, -0.25) is 24.6 Å². The van der Waals surface area contributed by atoms with Gasteiger partial charge in [0.1, 0.15) is 6.04 Å². The number of imide groups is 1. The second-order valence-corrected chi connectivity index (χ2v) is 7.87. The predicted molar refractivity (Wildman–Crippen MR) is 96.4 cm³/mol. The number of nitrogens with two attached hydrogens (primary N) is 1. The van der Waals surface area contributed by atoms with Crippen LogP contribution in [0.2, 0.25) is 0 Å². The standard InChI is InChI=1S/C19H24N4O4/c20-19(11-24)5-6-22(10-19)8-12-1-2-14-13(7-12)9-23(18(14)27)15-3-4-16(25)21-17(15)26/h1-2,7,15,24H,3-6,8-11,20H2,(H,21,25,26). The highest BCUT2D eigenvalue weighted by atomic mass is 16.3. The fraction of sp³-hybridized carbons (Fsp3) is 0.526. The summed E-state index contributed by atoms with van der Waals surface area (Å²) in [7, 11) is 0. The molecule has 0 bridgehead atoms. The summed E-state index contributed by atoms with van der Waals surface area (Å²) >= 11 is 0. The van der Waals surface area contributed by atoms with Crippen molar-refractivity contribution in [3.8, 4) is 0 Å². The lowest BCUT2D eigenvalue weighted by Crippen LogP contribution is -2.52. The molecule has 2 atom stereocenters. The molecule has 0 aromatic heterocycles. The number of fused-ring (bicyclic) bond motifs is 1. The van der Waals surface area contributed by atoms with Gasteiger partial charge in [0.2, 0.25) is 11.8 Å². The van der Waals surface area contributed by atoms with Crippen molar-refractivity contribution in [2.24, 2.45) is 5.73 Å². The van der Waals surface area contributed by atoms with Crippen molar-refractivity contribution >= 4 is 17.7 Å².